The number of hydrogen-bond donors (Lipinski definition) is 0. The standard InChI is InChI=1S/C11H17NO/c1-3-9-13-12(2)10-11-7-5-4-6-8-11/h4-8H,3,9-10H2,1-2H3. The molecule has 13 heavy (non-hydrogen) atoms. The first kappa shape index (κ1) is 10.2. The fraction of sp³-hybridized carbons (Fsp3) is 0.455. The Morgan fingerprint density at radius 3 is 2.54 bits per heavy atom. The number of nitrogens with zero attached hydrogens (tertiary/aromatic N) is 1. The summed E-state index contributed by atoms with van der Waals surface area (Å²) in [5.74, 6) is 0. The van der Waals surface area contributed by atoms with Gasteiger partial charge in [0.05, 0.1) is 6.61 Å². The second-order valence-corrected chi connectivity index (χ2v) is 3.10. The van der Waals surface area contributed by atoms with E-state index in [1.54, 1.807) is 0 Å². The molecule has 0 atom stereocenters. The molecule has 0 N–H and O–H groups in total. The normalized spacial score (nSPS) is 10.7. The lowest BCUT2D eigenvalue weighted by atomic mass is 10.2. The van der Waals surface area contributed by atoms with E-state index in [2.05, 4.69) is 19.1 Å². The molecule has 0 saturated heterocycles. The van der Waals surface area contributed by atoms with Crippen LogP contribution in [0.4, 0.5) is 0 Å². The van der Waals surface area contributed by atoms with E-state index in [-0.39, 0.29) is 0 Å². The monoisotopic (exact) mass is 179 g/mol. The summed E-state index contributed by atoms with van der Waals surface area (Å²) in [6.07, 6.45) is 1.05. The van der Waals surface area contributed by atoms with Crippen LogP contribution in [0, 0.1) is 0 Å². The highest BCUT2D eigenvalue weighted by atomic mass is 16.7. The Labute approximate surface area is 80.1 Å². The molecule has 2 heteroatoms. The van der Waals surface area contributed by atoms with Gasteiger partial charge in [-0.3, -0.25) is 4.84 Å². The minimum atomic E-state index is 0.795. The van der Waals surface area contributed by atoms with E-state index in [1.165, 1.54) is 5.56 Å². The van der Waals surface area contributed by atoms with Gasteiger partial charge in [-0.2, -0.15) is 5.06 Å². The van der Waals surface area contributed by atoms with Gasteiger partial charge < -0.3 is 0 Å². The molecule has 0 radical (unpaired) electrons. The first-order valence-corrected chi connectivity index (χ1v) is 4.71. The summed E-state index contributed by atoms with van der Waals surface area (Å²) in [6, 6.07) is 10.3. The van der Waals surface area contributed by atoms with E-state index in [4.69, 9.17) is 4.84 Å². The van der Waals surface area contributed by atoms with Crippen LogP contribution in [-0.2, 0) is 11.4 Å². The van der Waals surface area contributed by atoms with Gasteiger partial charge in [-0.25, -0.2) is 0 Å². The predicted octanol–water partition coefficient (Wildman–Crippen LogP) is 2.46. The van der Waals surface area contributed by atoms with Crippen LogP contribution in [0.2, 0.25) is 0 Å². The Kier molecular flexibility index (Phi) is 4.50. The third kappa shape index (κ3) is 4.06. The average molecular weight is 179 g/mol. The van der Waals surface area contributed by atoms with Crippen LogP contribution in [0.3, 0.4) is 0 Å². The third-order valence-corrected chi connectivity index (χ3v) is 1.76. The highest BCUT2D eigenvalue weighted by Crippen LogP contribution is 2.02. The molecular weight excluding hydrogens is 162 g/mol. The highest BCUT2D eigenvalue weighted by molar-refractivity contribution is 5.13. The van der Waals surface area contributed by atoms with E-state index in [1.807, 2.05) is 30.3 Å². The molecule has 0 saturated carbocycles. The maximum absolute atomic E-state index is 5.43. The van der Waals surface area contributed by atoms with Crippen LogP contribution in [0.25, 0.3) is 0 Å². The summed E-state index contributed by atoms with van der Waals surface area (Å²) in [6.45, 7) is 3.75. The zero-order valence-corrected chi connectivity index (χ0v) is 8.36. The van der Waals surface area contributed by atoms with Gasteiger partial charge in [0.15, 0.2) is 0 Å². The van der Waals surface area contributed by atoms with Crippen molar-refractivity contribution in [2.24, 2.45) is 0 Å². The maximum Gasteiger partial charge on any atom is 0.0682 e. The summed E-state index contributed by atoms with van der Waals surface area (Å²) in [5, 5.41) is 1.87. The first-order valence-electron chi connectivity index (χ1n) is 4.71. The molecule has 0 aliphatic carbocycles. The summed E-state index contributed by atoms with van der Waals surface area (Å²) >= 11 is 0. The minimum Gasteiger partial charge on any atom is -0.299 e. The first-order chi connectivity index (χ1) is 6.33. The molecule has 0 aliphatic heterocycles. The van der Waals surface area contributed by atoms with E-state index in [0.717, 1.165) is 19.6 Å². The van der Waals surface area contributed by atoms with Crippen LogP contribution >= 0.6 is 0 Å². The molecule has 0 fully saturated rings. The van der Waals surface area contributed by atoms with Crippen molar-refractivity contribution in [3.05, 3.63) is 35.9 Å². The van der Waals surface area contributed by atoms with Gasteiger partial charge in [-0.05, 0) is 12.0 Å². The van der Waals surface area contributed by atoms with Crippen molar-refractivity contribution in [1.29, 1.82) is 0 Å². The van der Waals surface area contributed by atoms with Gasteiger partial charge in [0.2, 0.25) is 0 Å². The van der Waals surface area contributed by atoms with Crippen LogP contribution in [0.1, 0.15) is 18.9 Å². The number of hydroxylamine groups is 2. The second-order valence-electron chi connectivity index (χ2n) is 3.10. The molecule has 0 amide bonds. The topological polar surface area (TPSA) is 12.5 Å². The van der Waals surface area contributed by atoms with Gasteiger partial charge in [-0.1, -0.05) is 37.3 Å². The minimum absolute atomic E-state index is 0.795. The molecule has 1 aromatic rings. The Morgan fingerprint density at radius 1 is 1.23 bits per heavy atom. The zero-order chi connectivity index (χ0) is 9.52. The molecule has 0 unspecified atom stereocenters. The van der Waals surface area contributed by atoms with E-state index in [9.17, 15) is 0 Å². The molecule has 72 valence electrons. The predicted molar refractivity (Wildman–Crippen MR) is 54.2 cm³/mol. The van der Waals surface area contributed by atoms with Gasteiger partial charge in [0.25, 0.3) is 0 Å². The van der Waals surface area contributed by atoms with Gasteiger partial charge in [0.1, 0.15) is 0 Å². The van der Waals surface area contributed by atoms with Crippen molar-refractivity contribution in [3.8, 4) is 0 Å². The lowest BCUT2D eigenvalue weighted by Crippen LogP contribution is -2.18. The van der Waals surface area contributed by atoms with Crippen molar-refractivity contribution in [1.82, 2.24) is 5.06 Å². The molecule has 1 aromatic carbocycles. The Morgan fingerprint density at radius 2 is 1.92 bits per heavy atom. The zero-order valence-electron chi connectivity index (χ0n) is 8.36. The Hall–Kier alpha value is -0.860. The number of rotatable bonds is 5. The molecule has 0 heterocycles. The number of benzene rings is 1. The fourth-order valence-corrected chi connectivity index (χ4v) is 1.13. The third-order valence-electron chi connectivity index (χ3n) is 1.76. The van der Waals surface area contributed by atoms with Crippen molar-refractivity contribution >= 4 is 0 Å². The molecule has 0 aliphatic rings. The van der Waals surface area contributed by atoms with Crippen LogP contribution < -0.4 is 0 Å². The van der Waals surface area contributed by atoms with Crippen molar-refractivity contribution < 1.29 is 4.84 Å². The lowest BCUT2D eigenvalue weighted by Gasteiger charge is -2.15. The molecule has 0 spiro atoms. The summed E-state index contributed by atoms with van der Waals surface area (Å²) in [7, 11) is 1.96. The second kappa shape index (κ2) is 5.73. The molecule has 2 nitrogen and oxygen atoms in total. The van der Waals surface area contributed by atoms with Crippen LogP contribution in [-0.4, -0.2) is 18.7 Å². The smallest absolute Gasteiger partial charge is 0.0682 e. The molecular formula is C11H17NO. The summed E-state index contributed by atoms with van der Waals surface area (Å²) < 4.78 is 0. The van der Waals surface area contributed by atoms with E-state index < -0.39 is 0 Å². The quantitative estimate of drug-likeness (QED) is 0.644. The summed E-state index contributed by atoms with van der Waals surface area (Å²) in [5.41, 5.74) is 1.28. The Balaban J connectivity index is 2.32. The SMILES string of the molecule is CCCON(C)Cc1ccccc1. The molecule has 1 rings (SSSR count). The van der Waals surface area contributed by atoms with Gasteiger partial charge in [0, 0.05) is 13.6 Å². The van der Waals surface area contributed by atoms with E-state index >= 15 is 0 Å². The fourth-order valence-electron chi connectivity index (χ4n) is 1.13. The van der Waals surface area contributed by atoms with E-state index in [0.29, 0.717) is 0 Å². The van der Waals surface area contributed by atoms with Crippen molar-refractivity contribution in [3.63, 3.8) is 0 Å². The highest BCUT2D eigenvalue weighted by Gasteiger charge is 1.98. The van der Waals surface area contributed by atoms with Crippen LogP contribution in [0.5, 0.6) is 0 Å². The molecule has 0 aromatic heterocycles. The lowest BCUT2D eigenvalue weighted by molar-refractivity contribution is -0.146. The van der Waals surface area contributed by atoms with Gasteiger partial charge in [-0.15, -0.1) is 0 Å². The largest absolute Gasteiger partial charge is 0.299 e. The average Bonchev–Trinajstić information content (AvgIpc) is 2.16. The Bertz CT molecular complexity index is 223. The molecule has 0 bridgehead atoms. The van der Waals surface area contributed by atoms with Crippen molar-refractivity contribution in [2.45, 2.75) is 19.9 Å². The summed E-state index contributed by atoms with van der Waals surface area (Å²) in [4.78, 5) is 5.43. The van der Waals surface area contributed by atoms with Crippen molar-refractivity contribution in [2.75, 3.05) is 13.7 Å². The van der Waals surface area contributed by atoms with Gasteiger partial charge >= 0.3 is 0 Å². The maximum atomic E-state index is 5.43. The van der Waals surface area contributed by atoms with Crippen LogP contribution in [0.15, 0.2) is 30.3 Å². The number of hydrogen-bond acceptors (Lipinski definition) is 2.